The molecule has 8 heteroatoms. The van der Waals surface area contributed by atoms with Crippen LogP contribution in [0.2, 0.25) is 0 Å². The number of hydrogen-bond acceptors (Lipinski definition) is 6. The minimum absolute atomic E-state index is 0.0533. The summed E-state index contributed by atoms with van der Waals surface area (Å²) < 4.78 is 2.55. The SMILES string of the molecule is Cc1ccc(=O)n(CCN2CCCCC2CNC(=O)c2ccc3ncsc3c2)n1. The normalized spacial score (nSPS) is 17.5. The van der Waals surface area contributed by atoms with Crippen LogP contribution in [0.25, 0.3) is 10.2 Å². The van der Waals surface area contributed by atoms with Crippen LogP contribution >= 0.6 is 11.3 Å². The first-order valence-corrected chi connectivity index (χ1v) is 10.9. The van der Waals surface area contributed by atoms with Gasteiger partial charge in [-0.2, -0.15) is 5.10 Å². The Labute approximate surface area is 173 Å². The maximum atomic E-state index is 12.6. The van der Waals surface area contributed by atoms with Gasteiger partial charge in [0.05, 0.1) is 28.0 Å². The minimum Gasteiger partial charge on any atom is -0.350 e. The number of carbonyl (C=O) groups is 1. The topological polar surface area (TPSA) is 80.1 Å². The molecule has 29 heavy (non-hydrogen) atoms. The van der Waals surface area contributed by atoms with E-state index in [1.54, 1.807) is 17.6 Å². The van der Waals surface area contributed by atoms with Gasteiger partial charge < -0.3 is 5.32 Å². The average Bonchev–Trinajstić information content (AvgIpc) is 3.21. The zero-order valence-corrected chi connectivity index (χ0v) is 17.3. The predicted octanol–water partition coefficient (Wildman–Crippen LogP) is 2.45. The molecule has 0 aliphatic carbocycles. The Morgan fingerprint density at radius 1 is 1.24 bits per heavy atom. The van der Waals surface area contributed by atoms with Crippen LogP contribution in [0, 0.1) is 6.92 Å². The minimum atomic E-state index is -0.0732. The summed E-state index contributed by atoms with van der Waals surface area (Å²) in [6.45, 7) is 4.79. The van der Waals surface area contributed by atoms with Crippen LogP contribution < -0.4 is 10.9 Å². The quantitative estimate of drug-likeness (QED) is 0.674. The molecule has 1 aromatic carbocycles. The summed E-state index contributed by atoms with van der Waals surface area (Å²) in [4.78, 5) is 31.2. The van der Waals surface area contributed by atoms with Crippen molar-refractivity contribution in [3.63, 3.8) is 0 Å². The highest BCUT2D eigenvalue weighted by molar-refractivity contribution is 7.16. The molecule has 1 atom stereocenters. The average molecular weight is 412 g/mol. The monoisotopic (exact) mass is 411 g/mol. The predicted molar refractivity (Wildman–Crippen MR) is 114 cm³/mol. The van der Waals surface area contributed by atoms with Crippen LogP contribution in [0.1, 0.15) is 35.3 Å². The molecule has 7 nitrogen and oxygen atoms in total. The summed E-state index contributed by atoms with van der Waals surface area (Å²) in [5.41, 5.74) is 4.14. The summed E-state index contributed by atoms with van der Waals surface area (Å²) >= 11 is 1.54. The van der Waals surface area contributed by atoms with Gasteiger partial charge in [0.1, 0.15) is 0 Å². The van der Waals surface area contributed by atoms with E-state index >= 15 is 0 Å². The number of nitrogens with zero attached hydrogens (tertiary/aromatic N) is 4. The summed E-state index contributed by atoms with van der Waals surface area (Å²) in [5.74, 6) is -0.0533. The highest BCUT2D eigenvalue weighted by atomic mass is 32.1. The molecule has 1 amide bonds. The molecule has 3 aromatic rings. The second-order valence-electron chi connectivity index (χ2n) is 7.47. The lowest BCUT2D eigenvalue weighted by Crippen LogP contribution is -2.48. The molecule has 1 N–H and O–H groups in total. The number of amides is 1. The van der Waals surface area contributed by atoms with Crippen molar-refractivity contribution in [3.05, 3.63) is 57.5 Å². The fourth-order valence-corrected chi connectivity index (χ4v) is 4.55. The zero-order valence-electron chi connectivity index (χ0n) is 16.5. The number of aromatic nitrogens is 3. The molecule has 0 saturated carbocycles. The Kier molecular flexibility index (Phi) is 6.01. The molecule has 0 radical (unpaired) electrons. The maximum absolute atomic E-state index is 12.6. The molecule has 1 aliphatic heterocycles. The van der Waals surface area contributed by atoms with E-state index in [0.29, 0.717) is 18.7 Å². The lowest BCUT2D eigenvalue weighted by atomic mass is 10.0. The number of carbonyl (C=O) groups excluding carboxylic acids is 1. The number of aryl methyl sites for hydroxylation is 1. The molecule has 1 fully saturated rings. The van der Waals surface area contributed by atoms with Gasteiger partial charge in [0, 0.05) is 30.8 Å². The van der Waals surface area contributed by atoms with Crippen LogP contribution in [0.3, 0.4) is 0 Å². The van der Waals surface area contributed by atoms with Gasteiger partial charge in [-0.1, -0.05) is 6.42 Å². The molecule has 3 heterocycles. The number of likely N-dealkylation sites (tertiary alicyclic amines) is 1. The Bertz CT molecular complexity index is 1060. The molecular weight excluding hydrogens is 386 g/mol. The van der Waals surface area contributed by atoms with Gasteiger partial charge in [0.2, 0.25) is 0 Å². The third-order valence-electron chi connectivity index (χ3n) is 5.44. The number of hydrogen-bond donors (Lipinski definition) is 1. The molecule has 0 bridgehead atoms. The van der Waals surface area contributed by atoms with Crippen molar-refractivity contribution in [1.82, 2.24) is 25.0 Å². The number of benzene rings is 1. The fourth-order valence-electron chi connectivity index (χ4n) is 3.83. The van der Waals surface area contributed by atoms with Crippen molar-refractivity contribution < 1.29 is 4.79 Å². The second-order valence-corrected chi connectivity index (χ2v) is 8.35. The first kappa shape index (κ1) is 19.7. The smallest absolute Gasteiger partial charge is 0.266 e. The molecule has 0 spiro atoms. The molecule has 4 rings (SSSR count). The Morgan fingerprint density at radius 2 is 2.14 bits per heavy atom. The van der Waals surface area contributed by atoms with E-state index in [2.05, 4.69) is 20.3 Å². The van der Waals surface area contributed by atoms with Crippen LogP contribution in [-0.2, 0) is 6.54 Å². The molecule has 1 saturated heterocycles. The zero-order chi connectivity index (χ0) is 20.2. The lowest BCUT2D eigenvalue weighted by Gasteiger charge is -2.35. The van der Waals surface area contributed by atoms with E-state index in [4.69, 9.17) is 0 Å². The van der Waals surface area contributed by atoms with E-state index in [1.807, 2.05) is 25.1 Å². The first-order valence-electron chi connectivity index (χ1n) is 10.0. The third kappa shape index (κ3) is 4.71. The van der Waals surface area contributed by atoms with Crippen LogP contribution in [-0.4, -0.2) is 51.2 Å². The van der Waals surface area contributed by atoms with Crippen molar-refractivity contribution in [2.75, 3.05) is 19.6 Å². The largest absolute Gasteiger partial charge is 0.350 e. The van der Waals surface area contributed by atoms with E-state index < -0.39 is 0 Å². The standard InChI is InChI=1S/C21H25N5O2S/c1-15-5-8-20(27)26(24-15)11-10-25-9-3-2-4-17(25)13-22-21(28)16-6-7-18-19(12-16)29-14-23-18/h5-8,12,14,17H,2-4,9-11,13H2,1H3,(H,22,28). The van der Waals surface area contributed by atoms with Crippen LogP contribution in [0.4, 0.5) is 0 Å². The molecular formula is C21H25N5O2S. The van der Waals surface area contributed by atoms with Gasteiger partial charge in [-0.05, 0) is 50.6 Å². The lowest BCUT2D eigenvalue weighted by molar-refractivity contribution is 0.0909. The van der Waals surface area contributed by atoms with Crippen molar-refractivity contribution in [2.45, 2.75) is 38.8 Å². The Morgan fingerprint density at radius 3 is 3.03 bits per heavy atom. The number of thiazole rings is 1. The first-order chi connectivity index (χ1) is 14.1. The number of nitrogens with one attached hydrogen (secondary N) is 1. The van der Waals surface area contributed by atoms with E-state index in [0.717, 1.165) is 48.3 Å². The van der Waals surface area contributed by atoms with E-state index in [1.165, 1.54) is 16.0 Å². The number of fused-ring (bicyclic) bond motifs is 1. The van der Waals surface area contributed by atoms with Gasteiger partial charge >= 0.3 is 0 Å². The summed E-state index contributed by atoms with van der Waals surface area (Å²) in [7, 11) is 0. The Hall–Kier alpha value is -2.58. The van der Waals surface area contributed by atoms with Gasteiger partial charge in [0.15, 0.2) is 0 Å². The van der Waals surface area contributed by atoms with Crippen molar-refractivity contribution in [3.8, 4) is 0 Å². The number of piperidine rings is 1. The van der Waals surface area contributed by atoms with Gasteiger partial charge in [0.25, 0.3) is 11.5 Å². The molecule has 2 aromatic heterocycles. The summed E-state index contributed by atoms with van der Waals surface area (Å²) in [6.07, 6.45) is 3.35. The van der Waals surface area contributed by atoms with E-state index in [-0.39, 0.29) is 17.5 Å². The number of rotatable bonds is 6. The highest BCUT2D eigenvalue weighted by Gasteiger charge is 2.23. The second kappa shape index (κ2) is 8.84. The fraction of sp³-hybridized carbons (Fsp3) is 0.429. The van der Waals surface area contributed by atoms with Crippen molar-refractivity contribution >= 4 is 27.5 Å². The molecule has 152 valence electrons. The van der Waals surface area contributed by atoms with Crippen molar-refractivity contribution in [2.24, 2.45) is 0 Å². The highest BCUT2D eigenvalue weighted by Crippen LogP contribution is 2.20. The van der Waals surface area contributed by atoms with Gasteiger partial charge in [-0.25, -0.2) is 9.67 Å². The third-order valence-corrected chi connectivity index (χ3v) is 6.23. The summed E-state index contributed by atoms with van der Waals surface area (Å²) in [6, 6.07) is 9.20. The van der Waals surface area contributed by atoms with Crippen molar-refractivity contribution in [1.29, 1.82) is 0 Å². The Balaban J connectivity index is 1.36. The molecule has 1 unspecified atom stereocenters. The van der Waals surface area contributed by atoms with Crippen LogP contribution in [0.15, 0.2) is 40.6 Å². The maximum Gasteiger partial charge on any atom is 0.266 e. The molecule has 1 aliphatic rings. The van der Waals surface area contributed by atoms with Crippen LogP contribution in [0.5, 0.6) is 0 Å². The summed E-state index contributed by atoms with van der Waals surface area (Å²) in [5, 5.41) is 7.41. The van der Waals surface area contributed by atoms with Gasteiger partial charge in [-0.15, -0.1) is 11.3 Å². The van der Waals surface area contributed by atoms with E-state index in [9.17, 15) is 9.59 Å². The van der Waals surface area contributed by atoms with Gasteiger partial charge in [-0.3, -0.25) is 14.5 Å².